The van der Waals surface area contributed by atoms with Gasteiger partial charge in [-0.05, 0) is 57.1 Å². The molecule has 0 aliphatic heterocycles. The van der Waals surface area contributed by atoms with Gasteiger partial charge in [0.2, 0.25) is 5.91 Å². The predicted molar refractivity (Wildman–Crippen MR) is 157 cm³/mol. The van der Waals surface area contributed by atoms with E-state index >= 15 is 0 Å². The molecular weight excluding hydrogens is 488 g/mol. The SMILES string of the molecule is CCC=CCC=CCC=CCC=CCC=CCCCC(=O)NSSCCNC(=O)c1ccccc1O. The van der Waals surface area contributed by atoms with E-state index in [4.69, 9.17) is 0 Å². The first kappa shape index (κ1) is 31.4. The normalized spacial score (nSPS) is 12.0. The summed E-state index contributed by atoms with van der Waals surface area (Å²) in [5.74, 6) is 0.314. The van der Waals surface area contributed by atoms with Crippen molar-refractivity contribution >= 4 is 33.6 Å². The molecule has 0 aromatic heterocycles. The number of para-hydroxylation sites is 1. The molecule has 5 nitrogen and oxygen atoms in total. The summed E-state index contributed by atoms with van der Waals surface area (Å²) in [6.45, 7) is 2.59. The van der Waals surface area contributed by atoms with Crippen molar-refractivity contribution in [2.75, 3.05) is 12.3 Å². The molecule has 2 amide bonds. The fourth-order valence-corrected chi connectivity index (χ4v) is 4.36. The lowest BCUT2D eigenvalue weighted by molar-refractivity contribution is -0.119. The van der Waals surface area contributed by atoms with Crippen LogP contribution in [-0.2, 0) is 4.79 Å². The van der Waals surface area contributed by atoms with E-state index in [9.17, 15) is 14.7 Å². The number of phenolic OH excluding ortho intramolecular Hbond substituents is 1. The van der Waals surface area contributed by atoms with E-state index in [1.54, 1.807) is 18.2 Å². The van der Waals surface area contributed by atoms with E-state index < -0.39 is 0 Å². The molecule has 3 N–H and O–H groups in total. The van der Waals surface area contributed by atoms with Crippen LogP contribution in [-0.4, -0.2) is 29.2 Å². The lowest BCUT2D eigenvalue weighted by Crippen LogP contribution is -2.25. The van der Waals surface area contributed by atoms with Gasteiger partial charge < -0.3 is 10.4 Å². The van der Waals surface area contributed by atoms with Gasteiger partial charge in [0.15, 0.2) is 0 Å². The molecular formula is C29H40N2O3S2. The summed E-state index contributed by atoms with van der Waals surface area (Å²) in [6.07, 6.45) is 28.9. The van der Waals surface area contributed by atoms with Crippen molar-refractivity contribution in [3.05, 3.63) is 90.6 Å². The van der Waals surface area contributed by atoms with Crippen molar-refractivity contribution in [3.63, 3.8) is 0 Å². The average Bonchev–Trinajstić information content (AvgIpc) is 2.88. The number of unbranched alkanes of at least 4 members (excludes halogenated alkanes) is 1. The van der Waals surface area contributed by atoms with E-state index in [0.717, 1.165) is 44.9 Å². The van der Waals surface area contributed by atoms with Gasteiger partial charge in [0.1, 0.15) is 5.75 Å². The Morgan fingerprint density at radius 1 is 0.861 bits per heavy atom. The van der Waals surface area contributed by atoms with Crippen molar-refractivity contribution in [1.29, 1.82) is 0 Å². The number of phenols is 1. The van der Waals surface area contributed by atoms with Crippen LogP contribution in [0.25, 0.3) is 0 Å². The molecule has 36 heavy (non-hydrogen) atoms. The van der Waals surface area contributed by atoms with Crippen LogP contribution in [0.2, 0.25) is 0 Å². The maximum atomic E-state index is 12.0. The number of rotatable bonds is 19. The summed E-state index contributed by atoms with van der Waals surface area (Å²) in [7, 11) is 2.74. The Hall–Kier alpha value is -2.64. The van der Waals surface area contributed by atoms with Gasteiger partial charge in [0.25, 0.3) is 5.91 Å². The summed E-state index contributed by atoms with van der Waals surface area (Å²) in [5.41, 5.74) is 0.260. The maximum Gasteiger partial charge on any atom is 0.255 e. The number of carbonyl (C=O) groups excluding carboxylic acids is 2. The second-order valence-electron chi connectivity index (χ2n) is 7.80. The number of carbonyl (C=O) groups is 2. The molecule has 0 spiro atoms. The second-order valence-corrected chi connectivity index (χ2v) is 10.0. The first-order valence-electron chi connectivity index (χ1n) is 12.5. The van der Waals surface area contributed by atoms with E-state index in [1.165, 1.54) is 27.8 Å². The van der Waals surface area contributed by atoms with Gasteiger partial charge in [-0.25, -0.2) is 0 Å². The molecule has 0 saturated heterocycles. The van der Waals surface area contributed by atoms with Crippen molar-refractivity contribution < 1.29 is 14.7 Å². The Bertz CT molecular complexity index is 892. The van der Waals surface area contributed by atoms with Crippen LogP contribution in [0.3, 0.4) is 0 Å². The van der Waals surface area contributed by atoms with Gasteiger partial charge >= 0.3 is 0 Å². The van der Waals surface area contributed by atoms with Crippen molar-refractivity contribution in [3.8, 4) is 5.75 Å². The molecule has 1 rings (SSSR count). The number of amides is 2. The zero-order chi connectivity index (χ0) is 26.1. The lowest BCUT2D eigenvalue weighted by Gasteiger charge is -2.06. The molecule has 0 radical (unpaired) electrons. The zero-order valence-electron chi connectivity index (χ0n) is 21.2. The highest BCUT2D eigenvalue weighted by Crippen LogP contribution is 2.18. The molecule has 7 heteroatoms. The maximum absolute atomic E-state index is 12.0. The van der Waals surface area contributed by atoms with Crippen molar-refractivity contribution in [1.82, 2.24) is 10.0 Å². The number of aromatic hydroxyl groups is 1. The smallest absolute Gasteiger partial charge is 0.255 e. The van der Waals surface area contributed by atoms with Gasteiger partial charge in [-0.1, -0.05) is 90.6 Å². The molecule has 1 aromatic carbocycles. The Morgan fingerprint density at radius 2 is 1.44 bits per heavy atom. The fraction of sp³-hybridized carbons (Fsp3) is 0.379. The van der Waals surface area contributed by atoms with Crippen LogP contribution >= 0.6 is 21.8 Å². The summed E-state index contributed by atoms with van der Waals surface area (Å²) in [6, 6.07) is 6.43. The molecule has 1 aromatic rings. The van der Waals surface area contributed by atoms with Gasteiger partial charge in [-0.15, -0.1) is 0 Å². The Morgan fingerprint density at radius 3 is 2.06 bits per heavy atom. The van der Waals surface area contributed by atoms with Crippen LogP contribution in [0.5, 0.6) is 5.75 Å². The Kier molecular flexibility index (Phi) is 19.9. The molecule has 0 unspecified atom stereocenters. The van der Waals surface area contributed by atoms with Gasteiger partial charge in [0, 0.05) is 29.7 Å². The van der Waals surface area contributed by atoms with Gasteiger partial charge in [-0.2, -0.15) is 0 Å². The van der Waals surface area contributed by atoms with Gasteiger partial charge in [-0.3, -0.25) is 14.3 Å². The largest absolute Gasteiger partial charge is 0.507 e. The van der Waals surface area contributed by atoms with Crippen LogP contribution in [0.15, 0.2) is 85.0 Å². The second kappa shape index (κ2) is 22.8. The Labute approximate surface area is 224 Å². The van der Waals surface area contributed by atoms with Crippen LogP contribution in [0, 0.1) is 0 Å². The minimum absolute atomic E-state index is 0.0121. The van der Waals surface area contributed by atoms with Crippen molar-refractivity contribution in [2.45, 2.75) is 58.3 Å². The standard InChI is InChI=1S/C29H40N2O3S2/c1-2-3-4-5-6-7-8-9-10-11-12-13-14-15-16-17-18-23-28(33)31-36-35-25-24-30-29(34)26-21-19-20-22-27(26)32/h3-4,6-7,9-10,12-13,15-16,19-22,32H,2,5,8,11,14,17-18,23-25H2,1H3,(H,30,34)(H,31,33). The summed E-state index contributed by atoms with van der Waals surface area (Å²) in [5, 5.41) is 12.4. The minimum atomic E-state index is -0.308. The van der Waals surface area contributed by atoms with Gasteiger partial charge in [0.05, 0.1) is 5.56 Å². The lowest BCUT2D eigenvalue weighted by atomic mass is 10.2. The van der Waals surface area contributed by atoms with Crippen molar-refractivity contribution in [2.24, 2.45) is 0 Å². The number of hydrogen-bond donors (Lipinski definition) is 3. The molecule has 0 bridgehead atoms. The number of hydrogen-bond acceptors (Lipinski definition) is 5. The summed E-state index contributed by atoms with van der Waals surface area (Å²) in [4.78, 5) is 23.8. The highest BCUT2D eigenvalue weighted by atomic mass is 33.1. The molecule has 0 aliphatic rings. The Balaban J connectivity index is 1.94. The predicted octanol–water partition coefficient (Wildman–Crippen LogP) is 7.46. The third-order valence-electron chi connectivity index (χ3n) is 4.77. The van der Waals surface area contributed by atoms with Crippen LogP contribution in [0.4, 0.5) is 0 Å². The molecule has 0 fully saturated rings. The molecule has 196 valence electrons. The highest BCUT2D eigenvalue weighted by Gasteiger charge is 2.09. The van der Waals surface area contributed by atoms with E-state index in [0.29, 0.717) is 18.7 Å². The number of benzene rings is 1. The quantitative estimate of drug-likeness (QED) is 0.0752. The van der Waals surface area contributed by atoms with E-state index in [2.05, 4.69) is 77.7 Å². The number of allylic oxidation sites excluding steroid dienone is 10. The fourth-order valence-electron chi connectivity index (χ4n) is 2.88. The zero-order valence-corrected chi connectivity index (χ0v) is 22.9. The third kappa shape index (κ3) is 17.7. The highest BCUT2D eigenvalue weighted by molar-refractivity contribution is 8.76. The number of nitrogens with one attached hydrogen (secondary N) is 2. The average molecular weight is 529 g/mol. The minimum Gasteiger partial charge on any atom is -0.507 e. The molecule has 0 saturated carbocycles. The molecule has 0 heterocycles. The van der Waals surface area contributed by atoms with Crippen LogP contribution < -0.4 is 10.0 Å². The first-order valence-corrected chi connectivity index (χ1v) is 14.9. The van der Waals surface area contributed by atoms with Crippen LogP contribution in [0.1, 0.15) is 68.6 Å². The summed E-state index contributed by atoms with van der Waals surface area (Å²) >= 11 is 0. The van der Waals surface area contributed by atoms with E-state index in [1.807, 2.05) is 0 Å². The molecule has 0 atom stereocenters. The van der Waals surface area contributed by atoms with E-state index in [-0.39, 0.29) is 23.1 Å². The summed E-state index contributed by atoms with van der Waals surface area (Å²) < 4.78 is 2.81. The topological polar surface area (TPSA) is 78.4 Å². The molecule has 0 aliphatic carbocycles. The first-order chi connectivity index (χ1) is 17.6. The third-order valence-corrected chi connectivity index (χ3v) is 6.67. The monoisotopic (exact) mass is 528 g/mol.